The maximum Gasteiger partial charge on any atom is 0.168 e. The monoisotopic (exact) mass is 244 g/mol. The lowest BCUT2D eigenvalue weighted by Gasteiger charge is -2.23. The van der Waals surface area contributed by atoms with Crippen LogP contribution in [0.3, 0.4) is 0 Å². The summed E-state index contributed by atoms with van der Waals surface area (Å²) in [6, 6.07) is 4.74. The number of nitrogens with zero attached hydrogens (tertiary/aromatic N) is 2. The first-order valence-electron chi connectivity index (χ1n) is 6.03. The van der Waals surface area contributed by atoms with Crippen LogP contribution in [0, 0.1) is 11.7 Å². The van der Waals surface area contributed by atoms with E-state index >= 15 is 0 Å². The molecule has 1 aromatic heterocycles. The van der Waals surface area contributed by atoms with E-state index in [0.29, 0.717) is 30.5 Å². The molecule has 0 spiro atoms. The van der Waals surface area contributed by atoms with Gasteiger partial charge in [-0.1, -0.05) is 12.1 Å². The molecule has 0 bridgehead atoms. The number of rotatable bonds is 2. The third kappa shape index (κ3) is 1.83. The highest BCUT2D eigenvalue weighted by atomic mass is 19.1. The SMILES string of the molecule is O=C1c2cccc(F)c2CCC1Cn1ccnc1. The molecule has 0 radical (unpaired) electrons. The van der Waals surface area contributed by atoms with Gasteiger partial charge in [0.15, 0.2) is 5.78 Å². The van der Waals surface area contributed by atoms with Crippen molar-refractivity contribution in [1.82, 2.24) is 9.55 Å². The second kappa shape index (κ2) is 4.37. The molecule has 3 nitrogen and oxygen atoms in total. The Labute approximate surface area is 104 Å². The molecule has 18 heavy (non-hydrogen) atoms. The first-order chi connectivity index (χ1) is 8.75. The molecular formula is C14H13FN2O. The molecule has 0 N–H and O–H groups in total. The Morgan fingerprint density at radius 1 is 1.44 bits per heavy atom. The van der Waals surface area contributed by atoms with E-state index in [1.165, 1.54) is 6.07 Å². The van der Waals surface area contributed by atoms with Gasteiger partial charge in [0.2, 0.25) is 0 Å². The molecule has 0 aliphatic heterocycles. The molecule has 1 atom stereocenters. The van der Waals surface area contributed by atoms with Crippen LogP contribution in [-0.2, 0) is 13.0 Å². The van der Waals surface area contributed by atoms with Gasteiger partial charge in [0.25, 0.3) is 0 Å². The Kier molecular flexibility index (Phi) is 2.70. The summed E-state index contributed by atoms with van der Waals surface area (Å²) in [4.78, 5) is 16.3. The summed E-state index contributed by atoms with van der Waals surface area (Å²) >= 11 is 0. The highest BCUT2D eigenvalue weighted by Gasteiger charge is 2.28. The minimum atomic E-state index is -0.262. The topological polar surface area (TPSA) is 34.9 Å². The lowest BCUT2D eigenvalue weighted by Crippen LogP contribution is -2.26. The van der Waals surface area contributed by atoms with Gasteiger partial charge in [0.1, 0.15) is 5.82 Å². The standard InChI is InChI=1S/C14H13FN2O/c15-13-3-1-2-12-11(13)5-4-10(14(12)18)8-17-7-6-16-9-17/h1-3,6-7,9-10H,4-5,8H2. The molecule has 3 rings (SSSR count). The second-order valence-electron chi connectivity index (χ2n) is 4.63. The molecule has 0 fully saturated rings. The molecular weight excluding hydrogens is 231 g/mol. The number of aromatic nitrogens is 2. The van der Waals surface area contributed by atoms with Crippen molar-refractivity contribution in [3.8, 4) is 0 Å². The zero-order chi connectivity index (χ0) is 12.5. The van der Waals surface area contributed by atoms with Crippen LogP contribution in [0.15, 0.2) is 36.9 Å². The molecule has 2 aromatic rings. The molecule has 1 unspecified atom stereocenters. The number of carbonyl (C=O) groups excluding carboxylic acids is 1. The van der Waals surface area contributed by atoms with Crippen LogP contribution in [0.25, 0.3) is 0 Å². The summed E-state index contributed by atoms with van der Waals surface area (Å²) in [6.07, 6.45) is 6.57. The Morgan fingerprint density at radius 2 is 2.33 bits per heavy atom. The quantitative estimate of drug-likeness (QED) is 0.813. The normalized spacial score (nSPS) is 18.7. The predicted molar refractivity (Wildman–Crippen MR) is 64.8 cm³/mol. The number of Topliss-reactive ketones (excluding diaryl/α,β-unsaturated/α-hetero) is 1. The number of carbonyl (C=O) groups is 1. The van der Waals surface area contributed by atoms with Gasteiger partial charge in [0.05, 0.1) is 6.33 Å². The summed E-state index contributed by atoms with van der Waals surface area (Å²) in [5, 5.41) is 0. The molecule has 92 valence electrons. The van der Waals surface area contributed by atoms with E-state index in [0.717, 1.165) is 0 Å². The molecule has 1 heterocycles. The number of halogens is 1. The fourth-order valence-corrected chi connectivity index (χ4v) is 2.54. The number of hydrogen-bond donors (Lipinski definition) is 0. The van der Waals surface area contributed by atoms with E-state index in [2.05, 4.69) is 4.98 Å². The van der Waals surface area contributed by atoms with Gasteiger partial charge < -0.3 is 4.57 Å². The Balaban J connectivity index is 1.88. The van der Waals surface area contributed by atoms with Crippen LogP contribution in [0.5, 0.6) is 0 Å². The first-order valence-corrected chi connectivity index (χ1v) is 6.03. The molecule has 0 saturated carbocycles. The first kappa shape index (κ1) is 11.1. The van der Waals surface area contributed by atoms with E-state index in [1.807, 2.05) is 10.8 Å². The van der Waals surface area contributed by atoms with Gasteiger partial charge in [-0.15, -0.1) is 0 Å². The van der Waals surface area contributed by atoms with Crippen molar-refractivity contribution in [2.45, 2.75) is 19.4 Å². The maximum absolute atomic E-state index is 13.6. The van der Waals surface area contributed by atoms with Crippen LogP contribution in [0.4, 0.5) is 4.39 Å². The van der Waals surface area contributed by atoms with E-state index < -0.39 is 0 Å². The second-order valence-corrected chi connectivity index (χ2v) is 4.63. The summed E-state index contributed by atoms with van der Waals surface area (Å²) in [5.74, 6) is -0.292. The van der Waals surface area contributed by atoms with Gasteiger partial charge in [-0.2, -0.15) is 0 Å². The highest BCUT2D eigenvalue weighted by Crippen LogP contribution is 2.28. The minimum absolute atomic E-state index is 0.0458. The number of benzene rings is 1. The van der Waals surface area contributed by atoms with E-state index in [4.69, 9.17) is 0 Å². The van der Waals surface area contributed by atoms with Crippen molar-refractivity contribution in [3.63, 3.8) is 0 Å². The number of hydrogen-bond acceptors (Lipinski definition) is 2. The lowest BCUT2D eigenvalue weighted by molar-refractivity contribution is 0.0886. The lowest BCUT2D eigenvalue weighted by atomic mass is 9.82. The van der Waals surface area contributed by atoms with Crippen LogP contribution in [-0.4, -0.2) is 15.3 Å². The van der Waals surface area contributed by atoms with Crippen molar-refractivity contribution >= 4 is 5.78 Å². The number of imidazole rings is 1. The maximum atomic E-state index is 13.6. The zero-order valence-electron chi connectivity index (χ0n) is 9.84. The van der Waals surface area contributed by atoms with E-state index in [1.54, 1.807) is 24.7 Å². The van der Waals surface area contributed by atoms with Crippen molar-refractivity contribution in [1.29, 1.82) is 0 Å². The predicted octanol–water partition coefficient (Wildman–Crippen LogP) is 2.47. The zero-order valence-corrected chi connectivity index (χ0v) is 9.84. The summed E-state index contributed by atoms with van der Waals surface area (Å²) in [5.41, 5.74) is 1.12. The Bertz CT molecular complexity index is 577. The van der Waals surface area contributed by atoms with Crippen molar-refractivity contribution in [2.24, 2.45) is 5.92 Å². The van der Waals surface area contributed by atoms with Crippen molar-refractivity contribution < 1.29 is 9.18 Å². The van der Waals surface area contributed by atoms with Gasteiger partial charge in [-0.25, -0.2) is 9.37 Å². The average molecular weight is 244 g/mol. The largest absolute Gasteiger partial charge is 0.337 e. The minimum Gasteiger partial charge on any atom is -0.337 e. The van der Waals surface area contributed by atoms with Crippen molar-refractivity contribution in [3.05, 3.63) is 53.9 Å². The molecule has 0 saturated heterocycles. The van der Waals surface area contributed by atoms with Crippen LogP contribution in [0.2, 0.25) is 0 Å². The smallest absolute Gasteiger partial charge is 0.168 e. The van der Waals surface area contributed by atoms with E-state index in [9.17, 15) is 9.18 Å². The summed E-state index contributed by atoms with van der Waals surface area (Å²) in [6.45, 7) is 0.620. The van der Waals surface area contributed by atoms with Crippen LogP contribution < -0.4 is 0 Å². The molecule has 1 aliphatic carbocycles. The van der Waals surface area contributed by atoms with Gasteiger partial charge in [-0.3, -0.25) is 4.79 Å². The third-order valence-electron chi connectivity index (χ3n) is 3.49. The fraction of sp³-hybridized carbons (Fsp3) is 0.286. The van der Waals surface area contributed by atoms with Crippen LogP contribution in [0.1, 0.15) is 22.3 Å². The highest BCUT2D eigenvalue weighted by molar-refractivity contribution is 6.00. The van der Waals surface area contributed by atoms with Gasteiger partial charge >= 0.3 is 0 Å². The van der Waals surface area contributed by atoms with Crippen LogP contribution >= 0.6 is 0 Å². The van der Waals surface area contributed by atoms with E-state index in [-0.39, 0.29) is 17.5 Å². The van der Waals surface area contributed by atoms with Crippen molar-refractivity contribution in [2.75, 3.05) is 0 Å². The summed E-state index contributed by atoms with van der Waals surface area (Å²) < 4.78 is 15.5. The average Bonchev–Trinajstić information content (AvgIpc) is 2.86. The number of ketones is 1. The molecule has 0 amide bonds. The fourth-order valence-electron chi connectivity index (χ4n) is 2.54. The Hall–Kier alpha value is -1.97. The Morgan fingerprint density at radius 3 is 3.11 bits per heavy atom. The molecule has 1 aliphatic rings. The number of fused-ring (bicyclic) bond motifs is 1. The molecule has 4 heteroatoms. The third-order valence-corrected chi connectivity index (χ3v) is 3.49. The van der Waals surface area contributed by atoms with Gasteiger partial charge in [-0.05, 0) is 24.5 Å². The van der Waals surface area contributed by atoms with Gasteiger partial charge in [0, 0.05) is 30.4 Å². The summed E-state index contributed by atoms with van der Waals surface area (Å²) in [7, 11) is 0. The molecule has 1 aromatic carbocycles.